The molecule has 0 bridgehead atoms. The number of carbonyl (C=O) groups is 1. The Labute approximate surface area is 198 Å². The van der Waals surface area contributed by atoms with Gasteiger partial charge in [-0.25, -0.2) is 8.42 Å². The fraction of sp³-hybridized carbons (Fsp3) is 0.458. The first-order valence-corrected chi connectivity index (χ1v) is 12.9. The van der Waals surface area contributed by atoms with E-state index in [1.54, 1.807) is 11.0 Å². The SMILES string of the molecule is O=C(c1ccc(S(=O)(=O)N2CCCCCC2)cc1)N1CCN(c2cccc(C(F)(F)F)c2)CC1. The zero-order chi connectivity index (χ0) is 24.3. The smallest absolute Gasteiger partial charge is 0.368 e. The molecule has 2 aromatic rings. The molecule has 2 heterocycles. The minimum Gasteiger partial charge on any atom is -0.368 e. The van der Waals surface area contributed by atoms with Crippen LogP contribution < -0.4 is 4.90 Å². The van der Waals surface area contributed by atoms with E-state index in [-0.39, 0.29) is 10.8 Å². The molecule has 2 aliphatic heterocycles. The minimum absolute atomic E-state index is 0.181. The van der Waals surface area contributed by atoms with Gasteiger partial charge in [0.25, 0.3) is 5.91 Å². The van der Waals surface area contributed by atoms with Crippen LogP contribution in [-0.4, -0.2) is 62.8 Å². The van der Waals surface area contributed by atoms with Crippen molar-refractivity contribution in [3.05, 3.63) is 59.7 Å². The van der Waals surface area contributed by atoms with Gasteiger partial charge in [0.2, 0.25) is 10.0 Å². The lowest BCUT2D eigenvalue weighted by Gasteiger charge is -2.36. The van der Waals surface area contributed by atoms with E-state index >= 15 is 0 Å². The molecule has 0 spiro atoms. The highest BCUT2D eigenvalue weighted by Crippen LogP contribution is 2.32. The third-order valence-corrected chi connectivity index (χ3v) is 8.32. The van der Waals surface area contributed by atoms with Crippen molar-refractivity contribution in [3.8, 4) is 0 Å². The molecule has 0 radical (unpaired) electrons. The van der Waals surface area contributed by atoms with Gasteiger partial charge < -0.3 is 9.80 Å². The molecular formula is C24H28F3N3O3S. The van der Waals surface area contributed by atoms with E-state index in [4.69, 9.17) is 0 Å². The number of hydrogen-bond donors (Lipinski definition) is 0. The number of sulfonamides is 1. The molecule has 0 saturated carbocycles. The Hall–Kier alpha value is -2.59. The molecule has 2 aliphatic rings. The quantitative estimate of drug-likeness (QED) is 0.637. The van der Waals surface area contributed by atoms with Gasteiger partial charge in [0.05, 0.1) is 10.5 Å². The molecule has 2 saturated heterocycles. The fourth-order valence-corrected chi connectivity index (χ4v) is 5.95. The fourth-order valence-electron chi connectivity index (χ4n) is 4.43. The monoisotopic (exact) mass is 495 g/mol. The molecule has 1 amide bonds. The number of rotatable bonds is 4. The van der Waals surface area contributed by atoms with Crippen molar-refractivity contribution in [3.63, 3.8) is 0 Å². The Kier molecular flexibility index (Phi) is 7.18. The van der Waals surface area contributed by atoms with Crippen LogP contribution in [0.3, 0.4) is 0 Å². The normalized spacial score (nSPS) is 18.6. The number of amides is 1. The van der Waals surface area contributed by atoms with Crippen molar-refractivity contribution in [2.75, 3.05) is 44.2 Å². The molecule has 10 heteroatoms. The Bertz CT molecular complexity index is 1100. The van der Waals surface area contributed by atoms with Crippen LogP contribution >= 0.6 is 0 Å². The van der Waals surface area contributed by atoms with E-state index in [1.165, 1.54) is 34.6 Å². The standard InChI is InChI=1S/C24H28F3N3O3S/c25-24(26,27)20-6-5-7-21(18-20)28-14-16-29(17-15-28)23(31)19-8-10-22(11-9-19)34(32,33)30-12-3-1-2-4-13-30/h5-11,18H,1-4,12-17H2. The Morgan fingerprint density at radius 1 is 0.794 bits per heavy atom. The van der Waals surface area contributed by atoms with Gasteiger partial charge in [-0.3, -0.25) is 4.79 Å². The molecule has 0 atom stereocenters. The largest absolute Gasteiger partial charge is 0.416 e. The average molecular weight is 496 g/mol. The van der Waals surface area contributed by atoms with Gasteiger partial charge in [-0.2, -0.15) is 17.5 Å². The average Bonchev–Trinajstić information content (AvgIpc) is 3.14. The molecule has 6 nitrogen and oxygen atoms in total. The summed E-state index contributed by atoms with van der Waals surface area (Å²) < 4.78 is 66.4. The maximum atomic E-state index is 13.0. The van der Waals surface area contributed by atoms with Crippen LogP contribution in [0.2, 0.25) is 0 Å². The zero-order valence-corrected chi connectivity index (χ0v) is 19.6. The van der Waals surface area contributed by atoms with Crippen LogP contribution in [0, 0.1) is 0 Å². The van der Waals surface area contributed by atoms with Crippen molar-refractivity contribution < 1.29 is 26.4 Å². The van der Waals surface area contributed by atoms with Gasteiger partial charge in [-0.05, 0) is 55.3 Å². The third-order valence-electron chi connectivity index (χ3n) is 6.41. The molecule has 0 N–H and O–H groups in total. The first-order chi connectivity index (χ1) is 16.2. The number of hydrogen-bond acceptors (Lipinski definition) is 4. The summed E-state index contributed by atoms with van der Waals surface area (Å²) in [5, 5.41) is 0. The number of piperazine rings is 1. The van der Waals surface area contributed by atoms with Crippen LogP contribution in [-0.2, 0) is 16.2 Å². The maximum absolute atomic E-state index is 13.0. The Morgan fingerprint density at radius 2 is 1.41 bits per heavy atom. The highest BCUT2D eigenvalue weighted by atomic mass is 32.2. The maximum Gasteiger partial charge on any atom is 0.416 e. The number of alkyl halides is 3. The summed E-state index contributed by atoms with van der Waals surface area (Å²) in [6.07, 6.45) is -0.647. The van der Waals surface area contributed by atoms with E-state index in [0.717, 1.165) is 37.8 Å². The Morgan fingerprint density at radius 3 is 2.00 bits per heavy atom. The van der Waals surface area contributed by atoms with Crippen molar-refractivity contribution in [1.82, 2.24) is 9.21 Å². The van der Waals surface area contributed by atoms with E-state index in [9.17, 15) is 26.4 Å². The molecule has 34 heavy (non-hydrogen) atoms. The molecule has 184 valence electrons. The lowest BCUT2D eigenvalue weighted by Crippen LogP contribution is -2.48. The summed E-state index contributed by atoms with van der Waals surface area (Å²) in [6.45, 7) is 2.58. The van der Waals surface area contributed by atoms with Gasteiger partial charge >= 0.3 is 6.18 Å². The van der Waals surface area contributed by atoms with Gasteiger partial charge in [0, 0.05) is 50.5 Å². The number of halogens is 3. The number of benzene rings is 2. The van der Waals surface area contributed by atoms with Crippen LogP contribution in [0.25, 0.3) is 0 Å². The summed E-state index contributed by atoms with van der Waals surface area (Å²) >= 11 is 0. The molecule has 2 aromatic carbocycles. The number of carbonyl (C=O) groups excluding carboxylic acids is 1. The Balaban J connectivity index is 1.39. The summed E-state index contributed by atoms with van der Waals surface area (Å²) in [7, 11) is -3.58. The van der Waals surface area contributed by atoms with Gasteiger partial charge in [-0.15, -0.1) is 0 Å². The first-order valence-electron chi connectivity index (χ1n) is 11.5. The number of anilines is 1. The summed E-state index contributed by atoms with van der Waals surface area (Å²) in [4.78, 5) is 16.6. The number of nitrogens with zero attached hydrogens (tertiary/aromatic N) is 3. The third kappa shape index (κ3) is 5.38. The van der Waals surface area contributed by atoms with Gasteiger partial charge in [-0.1, -0.05) is 18.9 Å². The van der Waals surface area contributed by atoms with Crippen LogP contribution in [0.15, 0.2) is 53.4 Å². The molecular weight excluding hydrogens is 467 g/mol. The van der Waals surface area contributed by atoms with E-state index < -0.39 is 21.8 Å². The van der Waals surface area contributed by atoms with Crippen LogP contribution in [0.5, 0.6) is 0 Å². The van der Waals surface area contributed by atoms with E-state index in [2.05, 4.69) is 0 Å². The lowest BCUT2D eigenvalue weighted by atomic mass is 10.1. The molecule has 2 fully saturated rings. The summed E-state index contributed by atoms with van der Waals surface area (Å²) in [5.41, 5.74) is 0.172. The first kappa shape index (κ1) is 24.5. The van der Waals surface area contributed by atoms with Gasteiger partial charge in [0.1, 0.15) is 0 Å². The highest BCUT2D eigenvalue weighted by molar-refractivity contribution is 7.89. The second-order valence-corrected chi connectivity index (χ2v) is 10.6. The predicted octanol–water partition coefficient (Wildman–Crippen LogP) is 4.23. The van der Waals surface area contributed by atoms with Crippen LogP contribution in [0.4, 0.5) is 18.9 Å². The van der Waals surface area contributed by atoms with Crippen molar-refractivity contribution in [2.24, 2.45) is 0 Å². The zero-order valence-electron chi connectivity index (χ0n) is 18.8. The highest BCUT2D eigenvalue weighted by Gasteiger charge is 2.31. The van der Waals surface area contributed by atoms with Gasteiger partial charge in [0.15, 0.2) is 0 Å². The topological polar surface area (TPSA) is 60.9 Å². The lowest BCUT2D eigenvalue weighted by molar-refractivity contribution is -0.137. The summed E-state index contributed by atoms with van der Waals surface area (Å²) in [6, 6.07) is 11.2. The van der Waals surface area contributed by atoms with E-state index in [1.807, 2.05) is 4.90 Å². The second kappa shape index (κ2) is 9.95. The predicted molar refractivity (Wildman–Crippen MR) is 123 cm³/mol. The molecule has 0 unspecified atom stereocenters. The molecule has 0 aliphatic carbocycles. The minimum atomic E-state index is -4.40. The molecule has 4 rings (SSSR count). The molecule has 0 aromatic heterocycles. The van der Waals surface area contributed by atoms with Crippen molar-refractivity contribution in [2.45, 2.75) is 36.8 Å². The summed E-state index contributed by atoms with van der Waals surface area (Å²) in [5.74, 6) is -0.220. The van der Waals surface area contributed by atoms with Crippen molar-refractivity contribution in [1.29, 1.82) is 0 Å². The van der Waals surface area contributed by atoms with E-state index in [0.29, 0.717) is 50.5 Å². The van der Waals surface area contributed by atoms with Crippen LogP contribution in [0.1, 0.15) is 41.6 Å². The second-order valence-electron chi connectivity index (χ2n) is 8.67. The van der Waals surface area contributed by atoms with Crippen molar-refractivity contribution >= 4 is 21.6 Å².